The van der Waals surface area contributed by atoms with Crippen LogP contribution in [0.1, 0.15) is 6.92 Å². The van der Waals surface area contributed by atoms with E-state index in [1.807, 2.05) is 0 Å². The summed E-state index contributed by atoms with van der Waals surface area (Å²) in [4.78, 5) is 19.1. The van der Waals surface area contributed by atoms with E-state index in [1.54, 1.807) is 0 Å². The summed E-state index contributed by atoms with van der Waals surface area (Å²) in [5.74, 6) is -0.815. The molecule has 1 unspecified atom stereocenters. The molecule has 11 heavy (non-hydrogen) atoms. The molecule has 66 valence electrons. The summed E-state index contributed by atoms with van der Waals surface area (Å²) in [5, 5.41) is 8.01. The number of hydrogen-bond acceptors (Lipinski definition) is 4. The molecule has 0 saturated carbocycles. The fraction of sp³-hybridized carbons (Fsp3) is 0.600. The molecule has 0 saturated heterocycles. The highest BCUT2D eigenvalue weighted by Crippen LogP contribution is 1.80. The van der Waals surface area contributed by atoms with Crippen LogP contribution in [0.25, 0.3) is 0 Å². The van der Waals surface area contributed by atoms with Crippen molar-refractivity contribution in [3.8, 4) is 0 Å². The van der Waals surface area contributed by atoms with Gasteiger partial charge in [-0.15, -0.1) is 0 Å². The number of carbonyl (C=O) groups is 2. The largest absolute Gasteiger partial charge is 0.480 e. The number of carbonyl (C=O) groups excluding carboxylic acids is 1. The third-order valence-electron chi connectivity index (χ3n) is 0.514. The molecule has 0 fully saturated rings. The molecule has 0 radical (unpaired) electrons. The first-order valence-corrected chi connectivity index (χ1v) is 4.09. The van der Waals surface area contributed by atoms with Crippen molar-refractivity contribution in [2.24, 2.45) is 5.73 Å². The van der Waals surface area contributed by atoms with E-state index in [9.17, 15) is 9.59 Å². The van der Waals surface area contributed by atoms with Crippen molar-refractivity contribution in [3.05, 3.63) is 0 Å². The van der Waals surface area contributed by atoms with Gasteiger partial charge in [0.25, 0.3) is 0 Å². The van der Waals surface area contributed by atoms with Crippen LogP contribution in [-0.4, -0.2) is 27.6 Å². The number of aliphatic carboxylic acids is 1. The highest BCUT2D eigenvalue weighted by molar-refractivity contribution is 9.18. The molecule has 3 N–H and O–H groups in total. The Morgan fingerprint density at radius 3 is 2.00 bits per heavy atom. The van der Waals surface area contributed by atoms with Crippen LogP contribution >= 0.6 is 28.6 Å². The number of halogens is 1. The van der Waals surface area contributed by atoms with Crippen molar-refractivity contribution in [2.45, 2.75) is 13.0 Å². The Morgan fingerprint density at radius 1 is 1.73 bits per heavy atom. The van der Waals surface area contributed by atoms with E-state index in [0.29, 0.717) is 0 Å². The lowest BCUT2D eigenvalue weighted by atomic mass is 10.4. The zero-order valence-electron chi connectivity index (χ0n) is 5.95. The van der Waals surface area contributed by atoms with Crippen LogP contribution in [-0.2, 0) is 9.59 Å². The molecule has 0 rings (SSSR count). The third-order valence-corrected chi connectivity index (χ3v) is 0.907. The van der Waals surface area contributed by atoms with Crippen molar-refractivity contribution in [1.29, 1.82) is 0 Å². The minimum absolute atomic E-state index is 0.0208. The summed E-state index contributed by atoms with van der Waals surface area (Å²) in [5.41, 5.74) is 4.94. The zero-order valence-corrected chi connectivity index (χ0v) is 8.43. The Balaban J connectivity index is 0. The number of nitrogens with two attached hydrogens (primary N) is 1. The molecule has 0 aromatic carbocycles. The van der Waals surface area contributed by atoms with Gasteiger partial charge in [0.2, 0.25) is 0 Å². The van der Waals surface area contributed by atoms with Gasteiger partial charge in [0.15, 0.2) is 4.69 Å². The molecule has 1 atom stereocenters. The maximum atomic E-state index is 9.76. The molecule has 6 heteroatoms. The van der Waals surface area contributed by atoms with Crippen LogP contribution in [0.3, 0.4) is 0 Å². The molecule has 0 bridgehead atoms. The fourth-order valence-corrected chi connectivity index (χ4v) is 0.234. The molecule has 0 aliphatic heterocycles. The van der Waals surface area contributed by atoms with Crippen LogP contribution in [0, 0.1) is 0 Å². The van der Waals surface area contributed by atoms with Gasteiger partial charge >= 0.3 is 5.97 Å². The first-order chi connectivity index (χ1) is 4.91. The Morgan fingerprint density at radius 2 is 2.00 bits per heavy atom. The van der Waals surface area contributed by atoms with Gasteiger partial charge < -0.3 is 10.8 Å². The molecule has 0 amide bonds. The smallest absolute Gasteiger partial charge is 0.321 e. The lowest BCUT2D eigenvalue weighted by Gasteiger charge is -1.96. The predicted octanol–water partition coefficient (Wildman–Crippen LogP) is 0.256. The lowest BCUT2D eigenvalue weighted by Crippen LogP contribution is -2.31. The maximum Gasteiger partial charge on any atom is 0.321 e. The van der Waals surface area contributed by atoms with Crippen LogP contribution in [0.5, 0.6) is 0 Å². The summed E-state index contributed by atoms with van der Waals surface area (Å²) < 4.78 is -0.0208. The number of thiol groups is 1. The van der Waals surface area contributed by atoms with E-state index >= 15 is 0 Å². The van der Waals surface area contributed by atoms with Crippen LogP contribution in [0.4, 0.5) is 0 Å². The first-order valence-electron chi connectivity index (χ1n) is 2.67. The Bertz CT molecular complexity index is 138. The molecule has 0 aromatic heterocycles. The minimum Gasteiger partial charge on any atom is -0.480 e. The topological polar surface area (TPSA) is 80.4 Å². The maximum absolute atomic E-state index is 9.76. The van der Waals surface area contributed by atoms with Gasteiger partial charge in [-0.25, -0.2) is 0 Å². The fourth-order valence-electron chi connectivity index (χ4n) is 0.0781. The molecule has 0 heterocycles. The molecule has 0 aromatic rings. The number of rotatable bonds is 2. The van der Waals surface area contributed by atoms with E-state index in [0.717, 1.165) is 0 Å². The average molecular weight is 244 g/mol. The van der Waals surface area contributed by atoms with Gasteiger partial charge in [-0.2, -0.15) is 12.6 Å². The minimum atomic E-state index is -1.00. The number of carboxylic acids is 1. The standard InChI is InChI=1S/C3H7NO2S.C2H3BrO/c4-2(1-7)3(5)6;1-2(3)4/h2,7H,1,4H2,(H,5,6);1H3. The van der Waals surface area contributed by atoms with Gasteiger partial charge in [-0.3, -0.25) is 9.59 Å². The van der Waals surface area contributed by atoms with E-state index in [1.165, 1.54) is 6.92 Å². The zero-order chi connectivity index (χ0) is 9.44. The summed E-state index contributed by atoms with van der Waals surface area (Å²) in [7, 11) is 0. The quantitative estimate of drug-likeness (QED) is 0.480. The van der Waals surface area contributed by atoms with Gasteiger partial charge in [-0.05, 0) is 15.9 Å². The second-order valence-electron chi connectivity index (χ2n) is 1.60. The Labute approximate surface area is 78.7 Å². The van der Waals surface area contributed by atoms with Gasteiger partial charge in [0, 0.05) is 12.7 Å². The first kappa shape index (κ1) is 13.5. The van der Waals surface area contributed by atoms with E-state index in [2.05, 4.69) is 28.6 Å². The van der Waals surface area contributed by atoms with Crippen LogP contribution in [0.15, 0.2) is 0 Å². The van der Waals surface area contributed by atoms with Gasteiger partial charge in [0.05, 0.1) is 0 Å². The van der Waals surface area contributed by atoms with E-state index in [4.69, 9.17) is 10.8 Å². The molecule has 0 aliphatic carbocycles. The number of carboxylic acid groups (broad SMARTS) is 1. The molecular weight excluding hydrogens is 234 g/mol. The van der Waals surface area contributed by atoms with Crippen LogP contribution in [0.2, 0.25) is 0 Å². The predicted molar refractivity (Wildman–Crippen MR) is 49.1 cm³/mol. The van der Waals surface area contributed by atoms with Gasteiger partial charge in [-0.1, -0.05) is 0 Å². The number of hydrogen-bond donors (Lipinski definition) is 3. The summed E-state index contributed by atoms with van der Waals surface area (Å²) in [6.45, 7) is 1.44. The Hall–Kier alpha value is -0.0700. The summed E-state index contributed by atoms with van der Waals surface area (Å²) in [6, 6.07) is -0.816. The van der Waals surface area contributed by atoms with Crippen molar-refractivity contribution < 1.29 is 14.7 Å². The highest BCUT2D eigenvalue weighted by atomic mass is 79.9. The van der Waals surface area contributed by atoms with Crippen molar-refractivity contribution in [1.82, 2.24) is 0 Å². The second-order valence-corrected chi connectivity index (χ2v) is 3.08. The van der Waals surface area contributed by atoms with E-state index < -0.39 is 12.0 Å². The summed E-state index contributed by atoms with van der Waals surface area (Å²) >= 11 is 6.28. The SMILES string of the molecule is CC(=O)Br.NC(CS)C(=O)O. The Kier molecular flexibility index (Phi) is 9.87. The molecular formula is C5H10BrNO3S. The molecule has 0 spiro atoms. The molecule has 0 aliphatic rings. The van der Waals surface area contributed by atoms with Gasteiger partial charge in [0.1, 0.15) is 6.04 Å². The lowest BCUT2D eigenvalue weighted by molar-refractivity contribution is -0.137. The molecule has 4 nitrogen and oxygen atoms in total. The highest BCUT2D eigenvalue weighted by Gasteiger charge is 2.06. The normalized spacial score (nSPS) is 10.9. The van der Waals surface area contributed by atoms with Crippen LogP contribution < -0.4 is 5.73 Å². The van der Waals surface area contributed by atoms with Crippen molar-refractivity contribution >= 4 is 39.2 Å². The third kappa shape index (κ3) is 17.8. The summed E-state index contributed by atoms with van der Waals surface area (Å²) in [6.07, 6.45) is 0. The van der Waals surface area contributed by atoms with Crippen molar-refractivity contribution in [3.63, 3.8) is 0 Å². The van der Waals surface area contributed by atoms with Crippen molar-refractivity contribution in [2.75, 3.05) is 5.75 Å². The second kappa shape index (κ2) is 8.03. The van der Waals surface area contributed by atoms with E-state index in [-0.39, 0.29) is 10.4 Å². The average Bonchev–Trinajstić information content (AvgIpc) is 1.85. The monoisotopic (exact) mass is 243 g/mol.